The van der Waals surface area contributed by atoms with E-state index in [1.807, 2.05) is 31.4 Å². The fraction of sp³-hybridized carbons (Fsp3) is 0.400. The summed E-state index contributed by atoms with van der Waals surface area (Å²) < 4.78 is 8.84. The molecule has 1 aliphatic rings. The zero-order chi connectivity index (χ0) is 14.3. The van der Waals surface area contributed by atoms with Crippen molar-refractivity contribution in [2.24, 2.45) is 7.05 Å². The summed E-state index contributed by atoms with van der Waals surface area (Å²) >= 11 is 3.44. The first-order chi connectivity index (χ1) is 9.58. The fourth-order valence-corrected chi connectivity index (χ4v) is 3.04. The zero-order valence-corrected chi connectivity index (χ0v) is 13.1. The second kappa shape index (κ2) is 5.22. The molecular weight excluding hydrogens is 320 g/mol. The highest BCUT2D eigenvalue weighted by atomic mass is 79.9. The van der Waals surface area contributed by atoms with Gasteiger partial charge in [0.25, 0.3) is 0 Å². The second-order valence-electron chi connectivity index (χ2n) is 5.10. The van der Waals surface area contributed by atoms with Crippen molar-refractivity contribution in [1.29, 1.82) is 0 Å². The molecule has 4 nitrogen and oxygen atoms in total. The van der Waals surface area contributed by atoms with Gasteiger partial charge in [0, 0.05) is 35.3 Å². The highest BCUT2D eigenvalue weighted by Crippen LogP contribution is 2.42. The topological polar surface area (TPSA) is 47.3 Å². The maximum atomic E-state index is 10.3. The Hall–Kier alpha value is -1.33. The number of benzene rings is 1. The minimum atomic E-state index is -0.498. The smallest absolute Gasteiger partial charge is 0.130 e. The van der Waals surface area contributed by atoms with E-state index in [-0.39, 0.29) is 6.10 Å². The van der Waals surface area contributed by atoms with E-state index in [2.05, 4.69) is 28.0 Å². The van der Waals surface area contributed by atoms with Crippen LogP contribution < -0.4 is 4.74 Å². The van der Waals surface area contributed by atoms with Crippen LogP contribution in [0.1, 0.15) is 42.4 Å². The van der Waals surface area contributed by atoms with Crippen LogP contribution in [0, 0.1) is 0 Å². The zero-order valence-electron chi connectivity index (χ0n) is 11.5. The van der Waals surface area contributed by atoms with Crippen LogP contribution in [0.2, 0.25) is 0 Å². The Labute approximate surface area is 126 Å². The molecule has 1 N–H and O–H groups in total. The molecule has 0 saturated heterocycles. The van der Waals surface area contributed by atoms with Gasteiger partial charge in [-0.15, -0.1) is 0 Å². The summed E-state index contributed by atoms with van der Waals surface area (Å²) in [6.45, 7) is 2.08. The van der Waals surface area contributed by atoms with Crippen LogP contribution in [-0.2, 0) is 13.5 Å². The highest BCUT2D eigenvalue weighted by molar-refractivity contribution is 9.10. The molecule has 106 valence electrons. The fourth-order valence-electron chi connectivity index (χ4n) is 2.70. The highest BCUT2D eigenvalue weighted by Gasteiger charge is 2.30. The Kier molecular flexibility index (Phi) is 3.56. The number of hydrogen-bond donors (Lipinski definition) is 1. The van der Waals surface area contributed by atoms with Gasteiger partial charge >= 0.3 is 0 Å². The molecule has 1 aromatic heterocycles. The average molecular weight is 337 g/mol. The Bertz CT molecular complexity index is 639. The van der Waals surface area contributed by atoms with E-state index in [1.54, 1.807) is 4.68 Å². The van der Waals surface area contributed by atoms with Crippen molar-refractivity contribution in [3.63, 3.8) is 0 Å². The first-order valence-corrected chi connectivity index (χ1v) is 7.54. The number of aryl methyl sites for hydroxylation is 2. The quantitative estimate of drug-likeness (QED) is 0.915. The van der Waals surface area contributed by atoms with Crippen molar-refractivity contribution in [2.45, 2.75) is 32.0 Å². The van der Waals surface area contributed by atoms with E-state index < -0.39 is 6.10 Å². The number of nitrogens with zero attached hydrogens (tertiary/aromatic N) is 2. The average Bonchev–Trinajstić information content (AvgIpc) is 2.79. The number of rotatable bonds is 2. The molecule has 0 radical (unpaired) electrons. The third kappa shape index (κ3) is 2.36. The van der Waals surface area contributed by atoms with Crippen LogP contribution >= 0.6 is 15.9 Å². The van der Waals surface area contributed by atoms with Gasteiger partial charge in [0.15, 0.2) is 0 Å². The molecule has 1 aromatic carbocycles. The summed E-state index contributed by atoms with van der Waals surface area (Å²) in [6, 6.07) is 5.74. The number of aliphatic hydroxyl groups is 1. The van der Waals surface area contributed by atoms with Gasteiger partial charge in [-0.2, -0.15) is 5.10 Å². The van der Waals surface area contributed by atoms with E-state index in [0.29, 0.717) is 6.42 Å². The predicted octanol–water partition coefficient (Wildman–Crippen LogP) is 3.30. The van der Waals surface area contributed by atoms with Crippen molar-refractivity contribution in [1.82, 2.24) is 9.78 Å². The van der Waals surface area contributed by atoms with Gasteiger partial charge in [0.1, 0.15) is 11.9 Å². The van der Waals surface area contributed by atoms with Crippen LogP contribution in [0.5, 0.6) is 5.75 Å². The first-order valence-electron chi connectivity index (χ1n) is 6.75. The van der Waals surface area contributed by atoms with Crippen molar-refractivity contribution < 1.29 is 9.84 Å². The van der Waals surface area contributed by atoms with E-state index in [4.69, 9.17) is 4.74 Å². The van der Waals surface area contributed by atoms with Crippen LogP contribution in [0.4, 0.5) is 0 Å². The lowest BCUT2D eigenvalue weighted by molar-refractivity contribution is 0.0652. The molecule has 2 unspecified atom stereocenters. The second-order valence-corrected chi connectivity index (χ2v) is 6.01. The normalized spacial score (nSPS) is 21.4. The van der Waals surface area contributed by atoms with Gasteiger partial charge in [0.05, 0.1) is 11.8 Å². The lowest BCUT2D eigenvalue weighted by atomic mass is 9.95. The lowest BCUT2D eigenvalue weighted by Crippen LogP contribution is -2.19. The molecule has 0 spiro atoms. The molecule has 20 heavy (non-hydrogen) atoms. The van der Waals surface area contributed by atoms with E-state index in [1.165, 1.54) is 0 Å². The number of fused-ring (bicyclic) bond motifs is 1. The van der Waals surface area contributed by atoms with Crippen LogP contribution in [0.15, 0.2) is 28.9 Å². The van der Waals surface area contributed by atoms with Crippen LogP contribution in [-0.4, -0.2) is 14.9 Å². The maximum Gasteiger partial charge on any atom is 0.130 e. The Morgan fingerprint density at radius 2 is 2.25 bits per heavy atom. The van der Waals surface area contributed by atoms with Gasteiger partial charge in [-0.1, -0.05) is 28.9 Å². The molecule has 0 fully saturated rings. The molecule has 0 saturated carbocycles. The van der Waals surface area contributed by atoms with Crippen molar-refractivity contribution in [2.75, 3.05) is 0 Å². The Morgan fingerprint density at radius 1 is 1.45 bits per heavy atom. The Morgan fingerprint density at radius 3 is 3.00 bits per heavy atom. The molecule has 5 heteroatoms. The monoisotopic (exact) mass is 336 g/mol. The third-order valence-electron chi connectivity index (χ3n) is 3.66. The lowest BCUT2D eigenvalue weighted by Gasteiger charge is -2.29. The standard InChI is InChI=1S/C15H17BrN2O2/c1-3-12-11(8-18(2)17-12)15-7-13(19)10-5-4-9(16)6-14(10)20-15/h4-6,8,13,15,19H,3,7H2,1-2H3. The molecule has 2 aromatic rings. The van der Waals surface area contributed by atoms with Crippen LogP contribution in [0.25, 0.3) is 0 Å². The summed E-state index contributed by atoms with van der Waals surface area (Å²) in [5.74, 6) is 0.744. The van der Waals surface area contributed by atoms with Crippen molar-refractivity contribution in [3.8, 4) is 5.75 Å². The predicted molar refractivity (Wildman–Crippen MR) is 79.7 cm³/mol. The van der Waals surface area contributed by atoms with E-state index >= 15 is 0 Å². The number of hydrogen-bond acceptors (Lipinski definition) is 3. The number of aromatic nitrogens is 2. The minimum Gasteiger partial charge on any atom is -0.485 e. The maximum absolute atomic E-state index is 10.3. The number of halogens is 1. The van der Waals surface area contributed by atoms with Gasteiger partial charge in [-0.3, -0.25) is 4.68 Å². The summed E-state index contributed by atoms with van der Waals surface area (Å²) in [5.41, 5.74) is 2.95. The SMILES string of the molecule is CCc1nn(C)cc1C1CC(O)c2ccc(Br)cc2O1. The van der Waals surface area contributed by atoms with Crippen molar-refractivity contribution >= 4 is 15.9 Å². The summed E-state index contributed by atoms with van der Waals surface area (Å²) in [7, 11) is 1.91. The number of aliphatic hydroxyl groups excluding tert-OH is 1. The van der Waals surface area contributed by atoms with Gasteiger partial charge in [-0.25, -0.2) is 0 Å². The van der Waals surface area contributed by atoms with Gasteiger partial charge < -0.3 is 9.84 Å². The van der Waals surface area contributed by atoms with E-state index in [9.17, 15) is 5.11 Å². The van der Waals surface area contributed by atoms with Gasteiger partial charge in [0.2, 0.25) is 0 Å². The third-order valence-corrected chi connectivity index (χ3v) is 4.15. The summed E-state index contributed by atoms with van der Waals surface area (Å²) in [6.07, 6.45) is 2.77. The summed E-state index contributed by atoms with van der Waals surface area (Å²) in [4.78, 5) is 0. The largest absolute Gasteiger partial charge is 0.485 e. The number of ether oxygens (including phenoxy) is 1. The van der Waals surface area contributed by atoms with E-state index in [0.717, 1.165) is 33.5 Å². The summed E-state index contributed by atoms with van der Waals surface area (Å²) in [5, 5.41) is 14.8. The molecular formula is C15H17BrN2O2. The molecule has 2 heterocycles. The molecule has 0 aliphatic carbocycles. The Balaban J connectivity index is 1.98. The first kappa shape index (κ1) is 13.6. The molecule has 0 amide bonds. The van der Waals surface area contributed by atoms with Gasteiger partial charge in [-0.05, 0) is 18.6 Å². The van der Waals surface area contributed by atoms with Crippen LogP contribution in [0.3, 0.4) is 0 Å². The molecule has 3 rings (SSSR count). The minimum absolute atomic E-state index is 0.143. The molecule has 2 atom stereocenters. The molecule has 1 aliphatic heterocycles. The van der Waals surface area contributed by atoms with Crippen molar-refractivity contribution in [3.05, 3.63) is 45.7 Å². The molecule has 0 bridgehead atoms.